The molecule has 8 aliphatic rings. The van der Waals surface area contributed by atoms with E-state index in [-0.39, 0.29) is 27.4 Å². The summed E-state index contributed by atoms with van der Waals surface area (Å²) < 4.78 is 13.9. The van der Waals surface area contributed by atoms with Gasteiger partial charge in [0.05, 0.1) is 19.0 Å². The molecule has 1 aliphatic heterocycles. The van der Waals surface area contributed by atoms with E-state index in [1.807, 2.05) is 5.57 Å². The van der Waals surface area contributed by atoms with Crippen molar-refractivity contribution >= 4 is 0 Å². The van der Waals surface area contributed by atoms with Gasteiger partial charge in [-0.2, -0.15) is 0 Å². The molecular formula is C42H67NO2. The van der Waals surface area contributed by atoms with Gasteiger partial charge in [0, 0.05) is 16.4 Å². The van der Waals surface area contributed by atoms with Crippen molar-refractivity contribution in [3.05, 3.63) is 24.0 Å². The molecule has 0 saturated heterocycles. The number of ether oxygens (including phenoxy) is 2. The Morgan fingerprint density at radius 3 is 2.42 bits per heavy atom. The van der Waals surface area contributed by atoms with Gasteiger partial charge in [-0.05, 0) is 147 Å². The molecule has 6 saturated carbocycles. The van der Waals surface area contributed by atoms with Gasteiger partial charge in [-0.3, -0.25) is 0 Å². The number of fused-ring (bicyclic) bond motifs is 4. The Hall–Kier alpha value is -0.800. The second-order valence-corrected chi connectivity index (χ2v) is 20.6. The average Bonchev–Trinajstić information content (AvgIpc) is 3.50. The third-order valence-electron chi connectivity index (χ3n) is 18.5. The highest BCUT2D eigenvalue weighted by Crippen LogP contribution is 2.92. The molecule has 4 bridgehead atoms. The van der Waals surface area contributed by atoms with Crippen LogP contribution in [-0.4, -0.2) is 23.9 Å². The standard InChI is InChI=1S/C42H67NO2/c1-26(2)27(3)40-20-19-37(9)31-13-14-33-36(8)23-29-11-12-30(29)41(18-16-34(36)44-25-38(10,43)35(5,6)7)28(4)42(33,41)32(31)15-17-39(37,24-40)21-22-45-40/h15,21-22,26-31,33-34H,11-14,16-20,23-25,43H2,1-10H3/t27-,28?,29?,30?,31?,33?,34?,36+,37?,38+,39-,40-,41?,42?/m1/s1. The second-order valence-electron chi connectivity index (χ2n) is 20.6. The Morgan fingerprint density at radius 1 is 1.00 bits per heavy atom. The van der Waals surface area contributed by atoms with E-state index in [2.05, 4.69) is 87.7 Å². The minimum atomic E-state index is -0.331. The van der Waals surface area contributed by atoms with Crippen LogP contribution in [-0.2, 0) is 9.47 Å². The number of nitrogens with two attached hydrogens (primary N) is 1. The van der Waals surface area contributed by atoms with Crippen molar-refractivity contribution in [3.8, 4) is 0 Å². The van der Waals surface area contributed by atoms with Crippen molar-refractivity contribution < 1.29 is 9.47 Å². The fourth-order valence-corrected chi connectivity index (χ4v) is 14.7. The number of rotatable bonds is 5. The first-order chi connectivity index (χ1) is 21.0. The van der Waals surface area contributed by atoms with E-state index >= 15 is 0 Å². The molecule has 14 atom stereocenters. The topological polar surface area (TPSA) is 44.5 Å². The average molecular weight is 618 g/mol. The van der Waals surface area contributed by atoms with Crippen LogP contribution < -0.4 is 5.73 Å². The summed E-state index contributed by atoms with van der Waals surface area (Å²) >= 11 is 0. The molecule has 0 radical (unpaired) electrons. The summed E-state index contributed by atoms with van der Waals surface area (Å²) in [4.78, 5) is 0. The molecule has 0 amide bonds. The Kier molecular flexibility index (Phi) is 6.47. The summed E-state index contributed by atoms with van der Waals surface area (Å²) in [5.41, 5.74) is 10.3. The highest BCUT2D eigenvalue weighted by molar-refractivity contribution is 5.47. The zero-order valence-corrected chi connectivity index (χ0v) is 30.7. The third kappa shape index (κ3) is 3.53. The molecule has 3 heteroatoms. The number of allylic oxidation sites excluding steroid dienone is 3. The largest absolute Gasteiger partial charge is 0.495 e. The Balaban J connectivity index is 1.20. The predicted octanol–water partition coefficient (Wildman–Crippen LogP) is 10.1. The first-order valence-corrected chi connectivity index (χ1v) is 19.4. The monoisotopic (exact) mass is 618 g/mol. The highest BCUT2D eigenvalue weighted by atomic mass is 16.5. The van der Waals surface area contributed by atoms with Crippen molar-refractivity contribution in [1.29, 1.82) is 0 Å². The highest BCUT2D eigenvalue weighted by Gasteiger charge is 2.87. The fourth-order valence-electron chi connectivity index (χ4n) is 14.7. The molecule has 1 heterocycles. The molecule has 3 nitrogen and oxygen atoms in total. The van der Waals surface area contributed by atoms with E-state index in [4.69, 9.17) is 15.2 Å². The first-order valence-electron chi connectivity index (χ1n) is 19.4. The summed E-state index contributed by atoms with van der Waals surface area (Å²) in [6.07, 6.45) is 22.6. The van der Waals surface area contributed by atoms with Crippen LogP contribution in [0.15, 0.2) is 24.0 Å². The van der Waals surface area contributed by atoms with Crippen LogP contribution in [0.1, 0.15) is 140 Å². The van der Waals surface area contributed by atoms with Crippen LogP contribution in [0.4, 0.5) is 0 Å². The summed E-state index contributed by atoms with van der Waals surface area (Å²) in [7, 11) is 0. The summed E-state index contributed by atoms with van der Waals surface area (Å²) in [6, 6.07) is 0. The van der Waals surface area contributed by atoms with E-state index in [0.717, 1.165) is 23.7 Å². The van der Waals surface area contributed by atoms with Crippen molar-refractivity contribution in [2.75, 3.05) is 6.61 Å². The Bertz CT molecular complexity index is 1310. The fraction of sp³-hybridized carbons (Fsp3) is 0.905. The van der Waals surface area contributed by atoms with Crippen LogP contribution in [0.2, 0.25) is 0 Å². The van der Waals surface area contributed by atoms with E-state index < -0.39 is 0 Å². The van der Waals surface area contributed by atoms with Crippen LogP contribution in [0.25, 0.3) is 0 Å². The van der Waals surface area contributed by atoms with Crippen molar-refractivity contribution in [2.24, 2.45) is 79.6 Å². The zero-order chi connectivity index (χ0) is 32.2. The molecule has 7 aliphatic carbocycles. The van der Waals surface area contributed by atoms with Gasteiger partial charge >= 0.3 is 0 Å². The smallest absolute Gasteiger partial charge is 0.112 e. The Morgan fingerprint density at radius 2 is 1.76 bits per heavy atom. The molecule has 2 N–H and O–H groups in total. The van der Waals surface area contributed by atoms with Crippen LogP contribution >= 0.6 is 0 Å². The molecule has 0 aromatic heterocycles. The molecule has 6 fully saturated rings. The normalized spacial score (nSPS) is 54.4. The van der Waals surface area contributed by atoms with Crippen LogP contribution in [0.3, 0.4) is 0 Å². The van der Waals surface area contributed by atoms with Gasteiger partial charge in [-0.25, -0.2) is 0 Å². The molecular weight excluding hydrogens is 550 g/mol. The van der Waals surface area contributed by atoms with Crippen molar-refractivity contribution in [3.63, 3.8) is 0 Å². The van der Waals surface area contributed by atoms with Crippen LogP contribution in [0, 0.1) is 73.9 Å². The minimum absolute atomic E-state index is 0.0119. The van der Waals surface area contributed by atoms with Gasteiger partial charge in [0.15, 0.2) is 0 Å². The predicted molar refractivity (Wildman–Crippen MR) is 184 cm³/mol. The summed E-state index contributed by atoms with van der Waals surface area (Å²) in [5.74, 6) is 5.34. The lowest BCUT2D eigenvalue weighted by molar-refractivity contribution is -0.176. The van der Waals surface area contributed by atoms with Crippen molar-refractivity contribution in [1.82, 2.24) is 0 Å². The molecule has 2 spiro atoms. The second kappa shape index (κ2) is 9.25. The molecule has 252 valence electrons. The first kappa shape index (κ1) is 31.5. The lowest BCUT2D eigenvalue weighted by Crippen LogP contribution is -2.62. The van der Waals surface area contributed by atoms with Gasteiger partial charge < -0.3 is 15.2 Å². The summed E-state index contributed by atoms with van der Waals surface area (Å²) in [6.45, 7) is 25.2. The van der Waals surface area contributed by atoms with Gasteiger partial charge in [0.2, 0.25) is 0 Å². The lowest BCUT2D eigenvalue weighted by atomic mass is 9.39. The maximum atomic E-state index is 7.18. The van der Waals surface area contributed by atoms with Gasteiger partial charge in [-0.1, -0.05) is 74.0 Å². The molecule has 0 aromatic rings. The number of hydrogen-bond acceptors (Lipinski definition) is 3. The quantitative estimate of drug-likeness (QED) is 0.312. The third-order valence-corrected chi connectivity index (χ3v) is 18.5. The molecule has 0 aromatic carbocycles. The van der Waals surface area contributed by atoms with E-state index in [1.54, 1.807) is 0 Å². The molecule has 8 rings (SSSR count). The van der Waals surface area contributed by atoms with E-state index in [1.165, 1.54) is 70.6 Å². The zero-order valence-electron chi connectivity index (χ0n) is 30.7. The van der Waals surface area contributed by atoms with E-state index in [0.29, 0.717) is 46.7 Å². The number of hydrogen-bond donors (Lipinski definition) is 1. The molecule has 45 heavy (non-hydrogen) atoms. The van der Waals surface area contributed by atoms with Gasteiger partial charge in [0.1, 0.15) is 5.60 Å². The maximum absolute atomic E-state index is 7.18. The minimum Gasteiger partial charge on any atom is -0.495 e. The van der Waals surface area contributed by atoms with Gasteiger partial charge in [-0.15, -0.1) is 0 Å². The summed E-state index contributed by atoms with van der Waals surface area (Å²) in [5, 5.41) is 0. The van der Waals surface area contributed by atoms with E-state index in [9.17, 15) is 0 Å². The van der Waals surface area contributed by atoms with Gasteiger partial charge in [0.25, 0.3) is 0 Å². The maximum Gasteiger partial charge on any atom is 0.112 e. The Labute approximate surface area is 276 Å². The molecule has 9 unspecified atom stereocenters. The lowest BCUT2D eigenvalue weighted by Gasteiger charge is -2.66. The SMILES string of the molecule is CC(C)[C@@H](C)[C@]12CCC3(C)C4CCC5C6(C4=CC[C@@]3(C=CO1)C2)C(C)C61CCC(OC[C@](C)(N)C(C)(C)C)[C@@]5(C)CC2CCC21. The van der Waals surface area contributed by atoms with Crippen molar-refractivity contribution in [2.45, 2.75) is 157 Å². The van der Waals surface area contributed by atoms with Crippen LogP contribution in [0.5, 0.6) is 0 Å².